The lowest BCUT2D eigenvalue weighted by molar-refractivity contribution is -0.539. The van der Waals surface area contributed by atoms with E-state index in [2.05, 4.69) is 0 Å². The number of hydrogen-bond acceptors (Lipinski definition) is 4. The molecule has 0 bridgehead atoms. The fourth-order valence-electron chi connectivity index (χ4n) is 3.33. The number of hydroxylamine groups is 4. The van der Waals surface area contributed by atoms with Gasteiger partial charge in [-0.15, -0.1) is 0 Å². The third-order valence-electron chi connectivity index (χ3n) is 6.08. The molecule has 2 aromatic rings. The average Bonchev–Trinajstić information content (AvgIpc) is 2.78. The highest BCUT2D eigenvalue weighted by Crippen LogP contribution is 2.37. The minimum atomic E-state index is -0.837. The van der Waals surface area contributed by atoms with E-state index in [1.807, 2.05) is 45.0 Å². The second-order valence-electron chi connectivity index (χ2n) is 9.62. The Morgan fingerprint density at radius 3 is 1.66 bits per heavy atom. The van der Waals surface area contributed by atoms with Crippen molar-refractivity contribution in [2.45, 2.75) is 65.1 Å². The van der Waals surface area contributed by atoms with Crippen molar-refractivity contribution in [3.05, 3.63) is 64.5 Å². The van der Waals surface area contributed by atoms with Gasteiger partial charge >= 0.3 is 5.84 Å². The zero-order chi connectivity index (χ0) is 21.8. The van der Waals surface area contributed by atoms with Crippen LogP contribution in [0.3, 0.4) is 0 Å². The highest BCUT2D eigenvalue weighted by molar-refractivity contribution is 5.96. The Bertz CT molecular complexity index is 923. The van der Waals surface area contributed by atoms with Crippen molar-refractivity contribution in [2.75, 3.05) is 5.06 Å². The number of benzene rings is 2. The molecule has 0 aromatic heterocycles. The Balaban J connectivity index is 1.89. The minimum Gasteiger partial charge on any atom is -0.758 e. The van der Waals surface area contributed by atoms with Gasteiger partial charge in [0.25, 0.3) is 0 Å². The summed E-state index contributed by atoms with van der Waals surface area (Å²) >= 11 is 0. The number of amidine groups is 1. The fourth-order valence-corrected chi connectivity index (χ4v) is 3.33. The number of rotatable bonds is 3. The molecule has 0 atom stereocenters. The first-order valence-electron chi connectivity index (χ1n) is 9.78. The summed E-state index contributed by atoms with van der Waals surface area (Å²) in [4.78, 5) is 0. The summed E-state index contributed by atoms with van der Waals surface area (Å²) in [7, 11) is 0. The third kappa shape index (κ3) is 3.36. The normalized spacial score (nSPS) is 18.3. The largest absolute Gasteiger partial charge is 0.758 e. The lowest BCUT2D eigenvalue weighted by atomic mass is 9.84. The van der Waals surface area contributed by atoms with Crippen LogP contribution in [0.2, 0.25) is 0 Å². The van der Waals surface area contributed by atoms with Crippen molar-refractivity contribution >= 4 is 11.5 Å². The standard InChI is InChI=1S/C23H29N3O3/c1-21(2,3)24(27)19-14-12-17(13-15-19)16-8-10-18(11-9-16)20-25(28)22(4,5)23(6,7)26(20)29/h8-15H,1-7H3/q-1. The van der Waals surface area contributed by atoms with Gasteiger partial charge in [0.1, 0.15) is 5.54 Å². The van der Waals surface area contributed by atoms with Gasteiger partial charge in [-0.1, -0.05) is 29.3 Å². The maximum absolute atomic E-state index is 12.8. The lowest BCUT2D eigenvalue weighted by Crippen LogP contribution is -2.53. The van der Waals surface area contributed by atoms with Crippen LogP contribution in [-0.2, 0) is 5.21 Å². The van der Waals surface area contributed by atoms with E-state index in [1.165, 1.54) is 0 Å². The van der Waals surface area contributed by atoms with Crippen molar-refractivity contribution in [3.8, 4) is 11.1 Å². The molecule has 0 aliphatic carbocycles. The number of nitrogens with zero attached hydrogens (tertiary/aromatic N) is 3. The molecule has 0 fully saturated rings. The first-order chi connectivity index (χ1) is 13.3. The molecule has 1 aliphatic heterocycles. The highest BCUT2D eigenvalue weighted by atomic mass is 16.5. The average molecular weight is 396 g/mol. The fraction of sp³-hybridized carbons (Fsp3) is 0.435. The van der Waals surface area contributed by atoms with E-state index >= 15 is 0 Å². The topological polar surface area (TPSA) is 75.5 Å². The van der Waals surface area contributed by atoms with E-state index in [-0.39, 0.29) is 5.84 Å². The molecular weight excluding hydrogens is 366 g/mol. The molecule has 1 heterocycles. The molecule has 0 saturated carbocycles. The molecule has 1 radical (unpaired) electrons. The van der Waals surface area contributed by atoms with Gasteiger partial charge in [-0.3, -0.25) is 4.74 Å². The molecule has 0 saturated heterocycles. The highest BCUT2D eigenvalue weighted by Gasteiger charge is 2.59. The van der Waals surface area contributed by atoms with Gasteiger partial charge in [0.2, 0.25) is 0 Å². The van der Waals surface area contributed by atoms with Gasteiger partial charge in [0, 0.05) is 16.4 Å². The van der Waals surface area contributed by atoms with Crippen molar-refractivity contribution in [2.24, 2.45) is 0 Å². The van der Waals surface area contributed by atoms with Gasteiger partial charge < -0.3 is 15.5 Å². The smallest absolute Gasteiger partial charge is 0.316 e. The molecule has 0 N–H and O–H groups in total. The Morgan fingerprint density at radius 1 is 0.862 bits per heavy atom. The van der Waals surface area contributed by atoms with Crippen molar-refractivity contribution in [1.29, 1.82) is 0 Å². The summed E-state index contributed by atoms with van der Waals surface area (Å²) in [6.07, 6.45) is 0. The zero-order valence-electron chi connectivity index (χ0n) is 18.2. The molecule has 1 aliphatic rings. The summed E-state index contributed by atoms with van der Waals surface area (Å²) in [6, 6.07) is 14.8. The summed E-state index contributed by atoms with van der Waals surface area (Å²) < 4.78 is 0.819. The number of hydrogen-bond donors (Lipinski definition) is 0. The molecule has 2 aromatic carbocycles. The van der Waals surface area contributed by atoms with Gasteiger partial charge in [-0.05, 0) is 83.9 Å². The second-order valence-corrected chi connectivity index (χ2v) is 9.62. The van der Waals surface area contributed by atoms with E-state index in [9.17, 15) is 15.6 Å². The summed E-state index contributed by atoms with van der Waals surface area (Å²) in [5.74, 6) is 0.133. The predicted octanol–water partition coefficient (Wildman–Crippen LogP) is 4.93. The van der Waals surface area contributed by atoms with Gasteiger partial charge in [0.05, 0.1) is 5.56 Å². The van der Waals surface area contributed by atoms with Crippen LogP contribution in [0, 0.1) is 10.4 Å². The first-order valence-corrected chi connectivity index (χ1v) is 9.78. The molecule has 29 heavy (non-hydrogen) atoms. The van der Waals surface area contributed by atoms with Crippen LogP contribution >= 0.6 is 0 Å². The maximum atomic E-state index is 12.8. The molecule has 6 nitrogen and oxygen atoms in total. The first kappa shape index (κ1) is 21.1. The van der Waals surface area contributed by atoms with Gasteiger partial charge in [-0.2, -0.15) is 0 Å². The molecule has 3 rings (SSSR count). The Hall–Kier alpha value is -2.57. The third-order valence-corrected chi connectivity index (χ3v) is 6.08. The predicted molar refractivity (Wildman–Crippen MR) is 116 cm³/mol. The Morgan fingerprint density at radius 2 is 1.28 bits per heavy atom. The van der Waals surface area contributed by atoms with Crippen molar-refractivity contribution in [1.82, 2.24) is 5.06 Å². The molecular formula is C23H29N3O3-. The second kappa shape index (κ2) is 6.75. The molecule has 0 amide bonds. The van der Waals surface area contributed by atoms with Crippen LogP contribution < -0.4 is 5.06 Å². The van der Waals surface area contributed by atoms with Crippen molar-refractivity contribution in [3.63, 3.8) is 0 Å². The van der Waals surface area contributed by atoms with Crippen LogP contribution in [0.25, 0.3) is 11.1 Å². The quantitative estimate of drug-likeness (QED) is 0.419. The van der Waals surface area contributed by atoms with E-state index in [4.69, 9.17) is 0 Å². The van der Waals surface area contributed by atoms with Crippen molar-refractivity contribution < 1.29 is 9.95 Å². The maximum Gasteiger partial charge on any atom is 0.316 e. The van der Waals surface area contributed by atoms with Crippen LogP contribution in [-0.4, -0.2) is 32.3 Å². The van der Waals surface area contributed by atoms with Crippen LogP contribution in [0.4, 0.5) is 5.69 Å². The SMILES string of the molecule is CC(C)(C)N([O-])c1ccc(-c2ccc(C3=[N+]([O-])C(C)(C)C(C)(C)N3[O])cc2)cc1. The molecule has 0 spiro atoms. The summed E-state index contributed by atoms with van der Waals surface area (Å²) in [5, 5.41) is 39.7. The monoisotopic (exact) mass is 395 g/mol. The molecule has 155 valence electrons. The Labute approximate surface area is 172 Å². The van der Waals surface area contributed by atoms with Gasteiger partial charge in [-0.25, -0.2) is 0 Å². The summed E-state index contributed by atoms with van der Waals surface area (Å²) in [6.45, 7) is 12.7. The van der Waals surface area contributed by atoms with Crippen LogP contribution in [0.1, 0.15) is 54.0 Å². The van der Waals surface area contributed by atoms with E-state index in [0.717, 1.165) is 26.0 Å². The van der Waals surface area contributed by atoms with E-state index < -0.39 is 16.6 Å². The summed E-state index contributed by atoms with van der Waals surface area (Å²) in [5.41, 5.74) is 0.919. The van der Waals surface area contributed by atoms with Gasteiger partial charge in [0.15, 0.2) is 5.54 Å². The Kier molecular flexibility index (Phi) is 4.92. The zero-order valence-corrected chi connectivity index (χ0v) is 18.2. The van der Waals surface area contributed by atoms with E-state index in [1.54, 1.807) is 52.0 Å². The molecule has 0 unspecified atom stereocenters. The molecule has 6 heteroatoms. The number of anilines is 1. The minimum absolute atomic E-state index is 0.133. The van der Waals surface area contributed by atoms with Crippen LogP contribution in [0.15, 0.2) is 48.5 Å². The van der Waals surface area contributed by atoms with Crippen LogP contribution in [0.5, 0.6) is 0 Å². The van der Waals surface area contributed by atoms with E-state index in [0.29, 0.717) is 11.3 Å². The lowest BCUT2D eigenvalue weighted by Gasteiger charge is -2.43.